The van der Waals surface area contributed by atoms with Crippen molar-refractivity contribution in [3.8, 4) is 11.5 Å². The lowest BCUT2D eigenvalue weighted by Gasteiger charge is -2.45. The van der Waals surface area contributed by atoms with Gasteiger partial charge in [0.2, 0.25) is 0 Å². The van der Waals surface area contributed by atoms with Gasteiger partial charge < -0.3 is 19.9 Å². The highest BCUT2D eigenvalue weighted by atomic mass is 16.5. The Balaban J connectivity index is 1.88. The molecule has 0 heterocycles. The molecule has 1 saturated carbocycles. The van der Waals surface area contributed by atoms with E-state index in [4.69, 9.17) is 19.9 Å². The third-order valence-corrected chi connectivity index (χ3v) is 7.05. The summed E-state index contributed by atoms with van der Waals surface area (Å²) in [6, 6.07) is 3.71. The quantitative estimate of drug-likeness (QED) is 0.651. The SMILES string of the molecule is COc1cc2c(cc1OC)C1CC(OC(=O)[C@@H](N)C(C)C)C(CC(C)C)CC1CC2. The van der Waals surface area contributed by atoms with E-state index in [1.165, 1.54) is 17.5 Å². The predicted octanol–water partition coefficient (Wildman–Crippen LogP) is 4.70. The first-order valence-electron chi connectivity index (χ1n) is 11.5. The number of hydrogen-bond acceptors (Lipinski definition) is 5. The van der Waals surface area contributed by atoms with Gasteiger partial charge in [-0.2, -0.15) is 0 Å². The zero-order chi connectivity index (χ0) is 22.0. The van der Waals surface area contributed by atoms with Gasteiger partial charge in [-0.3, -0.25) is 4.79 Å². The molecule has 1 fully saturated rings. The molecule has 0 bridgehead atoms. The Kier molecular flexibility index (Phi) is 7.33. The molecular weight excluding hydrogens is 378 g/mol. The molecule has 1 aromatic carbocycles. The Morgan fingerprint density at radius 1 is 1.10 bits per heavy atom. The molecule has 168 valence electrons. The van der Waals surface area contributed by atoms with Crippen molar-refractivity contribution in [2.75, 3.05) is 14.2 Å². The fourth-order valence-corrected chi connectivity index (χ4v) is 5.38. The number of carbonyl (C=O) groups excluding carboxylic acids is 1. The van der Waals surface area contributed by atoms with Crippen LogP contribution < -0.4 is 15.2 Å². The van der Waals surface area contributed by atoms with E-state index in [0.29, 0.717) is 23.7 Å². The molecule has 1 aromatic rings. The van der Waals surface area contributed by atoms with Gasteiger partial charge in [-0.25, -0.2) is 0 Å². The van der Waals surface area contributed by atoms with Crippen molar-refractivity contribution in [1.29, 1.82) is 0 Å². The van der Waals surface area contributed by atoms with Crippen LogP contribution in [0.4, 0.5) is 0 Å². The summed E-state index contributed by atoms with van der Waals surface area (Å²) in [6.07, 6.45) is 5.20. The van der Waals surface area contributed by atoms with E-state index in [1.54, 1.807) is 14.2 Å². The third kappa shape index (κ3) is 4.77. The van der Waals surface area contributed by atoms with Crippen LogP contribution in [0.3, 0.4) is 0 Å². The van der Waals surface area contributed by atoms with Gasteiger partial charge in [-0.05, 0) is 85.0 Å². The smallest absolute Gasteiger partial charge is 0.323 e. The lowest BCUT2D eigenvalue weighted by Crippen LogP contribution is -2.44. The first kappa shape index (κ1) is 22.9. The highest BCUT2D eigenvalue weighted by Crippen LogP contribution is 2.51. The maximum Gasteiger partial charge on any atom is 0.323 e. The fourth-order valence-electron chi connectivity index (χ4n) is 5.38. The highest BCUT2D eigenvalue weighted by Gasteiger charge is 2.43. The second-order valence-electron chi connectivity index (χ2n) is 9.92. The monoisotopic (exact) mass is 417 g/mol. The van der Waals surface area contributed by atoms with Gasteiger partial charge in [0, 0.05) is 0 Å². The molecule has 5 heteroatoms. The van der Waals surface area contributed by atoms with Crippen LogP contribution in [0.1, 0.15) is 70.4 Å². The van der Waals surface area contributed by atoms with Gasteiger partial charge in [0.25, 0.3) is 0 Å². The molecular formula is C25H39NO4. The summed E-state index contributed by atoms with van der Waals surface area (Å²) < 4.78 is 17.2. The van der Waals surface area contributed by atoms with Crippen molar-refractivity contribution in [3.05, 3.63) is 23.3 Å². The van der Waals surface area contributed by atoms with E-state index in [2.05, 4.69) is 26.0 Å². The normalized spacial score (nSPS) is 26.7. The number of carbonyl (C=O) groups is 1. The Morgan fingerprint density at radius 2 is 1.77 bits per heavy atom. The zero-order valence-corrected chi connectivity index (χ0v) is 19.4. The van der Waals surface area contributed by atoms with Crippen LogP contribution in [-0.4, -0.2) is 32.3 Å². The molecule has 0 aliphatic heterocycles. The number of nitrogens with two attached hydrogens (primary N) is 1. The van der Waals surface area contributed by atoms with Gasteiger partial charge in [0.1, 0.15) is 12.1 Å². The first-order chi connectivity index (χ1) is 14.2. The summed E-state index contributed by atoms with van der Waals surface area (Å²) in [5, 5.41) is 0. The van der Waals surface area contributed by atoms with Gasteiger partial charge in [0.15, 0.2) is 11.5 Å². The third-order valence-electron chi connectivity index (χ3n) is 7.05. The number of fused-ring (bicyclic) bond motifs is 3. The molecule has 3 rings (SSSR count). The van der Waals surface area contributed by atoms with Gasteiger partial charge in [-0.1, -0.05) is 27.7 Å². The van der Waals surface area contributed by atoms with E-state index in [9.17, 15) is 4.79 Å². The summed E-state index contributed by atoms with van der Waals surface area (Å²) in [7, 11) is 3.36. The van der Waals surface area contributed by atoms with Crippen molar-refractivity contribution < 1.29 is 19.0 Å². The van der Waals surface area contributed by atoms with Crippen molar-refractivity contribution in [2.45, 2.75) is 77.9 Å². The van der Waals surface area contributed by atoms with Crippen LogP contribution in [0, 0.1) is 23.7 Å². The van der Waals surface area contributed by atoms with Crippen LogP contribution in [-0.2, 0) is 16.0 Å². The Morgan fingerprint density at radius 3 is 2.37 bits per heavy atom. The topological polar surface area (TPSA) is 70.8 Å². The maximum atomic E-state index is 12.7. The number of ether oxygens (including phenoxy) is 3. The summed E-state index contributed by atoms with van der Waals surface area (Å²) in [6.45, 7) is 8.42. The molecule has 30 heavy (non-hydrogen) atoms. The standard InChI is InChI=1S/C25H39NO4/c1-14(2)9-18-10-16-7-8-17-11-22(28-5)23(29-6)13-20(17)19(16)12-21(18)30-25(27)24(26)15(3)4/h11,13-16,18-19,21,24H,7-10,12,26H2,1-6H3/t16?,18?,19?,21?,24-/m0/s1. The second-order valence-corrected chi connectivity index (χ2v) is 9.92. The molecule has 5 atom stereocenters. The molecule has 0 spiro atoms. The highest BCUT2D eigenvalue weighted by molar-refractivity contribution is 5.76. The van der Waals surface area contributed by atoms with Gasteiger partial charge in [0.05, 0.1) is 14.2 Å². The van der Waals surface area contributed by atoms with Crippen LogP contribution in [0.2, 0.25) is 0 Å². The van der Waals surface area contributed by atoms with E-state index >= 15 is 0 Å². The Labute approximate surface area is 181 Å². The molecule has 4 unspecified atom stereocenters. The molecule has 2 aliphatic rings. The molecule has 2 aliphatic carbocycles. The van der Waals surface area contributed by atoms with Crippen LogP contribution in [0.15, 0.2) is 12.1 Å². The number of hydrogen-bond donors (Lipinski definition) is 1. The van der Waals surface area contributed by atoms with E-state index in [-0.39, 0.29) is 18.0 Å². The van der Waals surface area contributed by atoms with Crippen LogP contribution in [0.5, 0.6) is 11.5 Å². The first-order valence-corrected chi connectivity index (χ1v) is 11.5. The van der Waals surface area contributed by atoms with E-state index in [1.807, 2.05) is 13.8 Å². The second kappa shape index (κ2) is 9.59. The lowest BCUT2D eigenvalue weighted by molar-refractivity contribution is -0.158. The Bertz CT molecular complexity index is 745. The van der Waals surface area contributed by atoms with Crippen LogP contribution in [0.25, 0.3) is 0 Å². The van der Waals surface area contributed by atoms with Gasteiger partial charge >= 0.3 is 5.97 Å². The van der Waals surface area contributed by atoms with E-state index < -0.39 is 6.04 Å². The van der Waals surface area contributed by atoms with Crippen molar-refractivity contribution >= 4 is 5.97 Å². The number of rotatable bonds is 7. The average molecular weight is 418 g/mol. The number of benzene rings is 1. The van der Waals surface area contributed by atoms with Crippen molar-refractivity contribution in [1.82, 2.24) is 0 Å². The average Bonchev–Trinajstić information content (AvgIpc) is 2.71. The molecule has 0 saturated heterocycles. The lowest BCUT2D eigenvalue weighted by atomic mass is 9.63. The predicted molar refractivity (Wildman–Crippen MR) is 119 cm³/mol. The molecule has 0 amide bonds. The van der Waals surface area contributed by atoms with E-state index in [0.717, 1.165) is 37.2 Å². The molecule has 0 radical (unpaired) electrons. The van der Waals surface area contributed by atoms with Crippen molar-refractivity contribution in [3.63, 3.8) is 0 Å². The zero-order valence-electron chi connectivity index (χ0n) is 19.4. The molecule has 5 nitrogen and oxygen atoms in total. The Hall–Kier alpha value is -1.75. The minimum absolute atomic E-state index is 0.0736. The number of aryl methyl sites for hydroxylation is 1. The molecule has 0 aromatic heterocycles. The molecule has 2 N–H and O–H groups in total. The van der Waals surface area contributed by atoms with Crippen LogP contribution >= 0.6 is 0 Å². The van der Waals surface area contributed by atoms with Crippen molar-refractivity contribution in [2.24, 2.45) is 29.4 Å². The summed E-state index contributed by atoms with van der Waals surface area (Å²) in [4.78, 5) is 12.7. The van der Waals surface area contributed by atoms with Gasteiger partial charge in [-0.15, -0.1) is 0 Å². The maximum absolute atomic E-state index is 12.7. The summed E-state index contributed by atoms with van der Waals surface area (Å²) in [5.74, 6) is 3.35. The minimum Gasteiger partial charge on any atom is -0.493 e. The number of methoxy groups -OCH3 is 2. The minimum atomic E-state index is -0.564. The fraction of sp³-hybridized carbons (Fsp3) is 0.720. The summed E-state index contributed by atoms with van der Waals surface area (Å²) in [5.41, 5.74) is 8.76. The number of esters is 1. The largest absolute Gasteiger partial charge is 0.493 e. The summed E-state index contributed by atoms with van der Waals surface area (Å²) >= 11 is 0.